The van der Waals surface area contributed by atoms with Crippen molar-refractivity contribution in [1.82, 2.24) is 10.2 Å². The molecule has 5 N–H and O–H groups in total. The first kappa shape index (κ1) is 24.6. The number of aromatic nitrogens is 2. The maximum absolute atomic E-state index is 13.0. The van der Waals surface area contributed by atoms with E-state index in [0.29, 0.717) is 24.3 Å². The summed E-state index contributed by atoms with van der Waals surface area (Å²) in [6.45, 7) is 0. The Hall–Kier alpha value is -4.06. The first-order chi connectivity index (χ1) is 17.6. The van der Waals surface area contributed by atoms with Gasteiger partial charge in [0, 0.05) is 10.2 Å². The molecular weight excluding hydrogens is 555 g/mol. The van der Waals surface area contributed by atoms with Crippen LogP contribution in [0.1, 0.15) is 12.8 Å². The smallest absolute Gasteiger partial charge is 0.406 e. The van der Waals surface area contributed by atoms with E-state index >= 15 is 0 Å². The molecule has 5 rings (SSSR count). The lowest BCUT2D eigenvalue weighted by Crippen LogP contribution is -2.35. The van der Waals surface area contributed by atoms with Gasteiger partial charge in [0.25, 0.3) is 0 Å². The number of benzene rings is 3. The average Bonchev–Trinajstić information content (AvgIpc) is 3.58. The Morgan fingerprint density at radius 3 is 2.38 bits per heavy atom. The quantitative estimate of drug-likeness (QED) is 0.216. The number of rotatable bonds is 6. The summed E-state index contributed by atoms with van der Waals surface area (Å²) in [5.74, 6) is -1.06. The number of halogens is 4. The van der Waals surface area contributed by atoms with Crippen molar-refractivity contribution < 1.29 is 27.5 Å². The molecule has 12 heteroatoms. The van der Waals surface area contributed by atoms with Crippen LogP contribution in [0.25, 0.3) is 22.0 Å². The van der Waals surface area contributed by atoms with E-state index in [1.807, 2.05) is 30.3 Å². The number of hydrogen-bond acceptors (Lipinski definition) is 5. The van der Waals surface area contributed by atoms with Gasteiger partial charge in [-0.25, -0.2) is 0 Å². The highest BCUT2D eigenvalue weighted by atomic mass is 79.9. The number of H-pyrrole nitrogens is 1. The predicted octanol–water partition coefficient (Wildman–Crippen LogP) is 5.83. The van der Waals surface area contributed by atoms with Crippen molar-refractivity contribution >= 4 is 55.8 Å². The minimum atomic E-state index is -4.83. The fourth-order valence-electron chi connectivity index (χ4n) is 4.04. The monoisotopic (exact) mass is 573 g/mol. The molecule has 0 atom stereocenters. The van der Waals surface area contributed by atoms with Crippen molar-refractivity contribution in [3.05, 3.63) is 65.1 Å². The molecular formula is C25H19BrF3N5O3. The molecule has 0 bridgehead atoms. The van der Waals surface area contributed by atoms with Gasteiger partial charge in [0.1, 0.15) is 11.2 Å². The fourth-order valence-corrected chi connectivity index (χ4v) is 4.50. The zero-order chi connectivity index (χ0) is 26.4. The topological polar surface area (TPSA) is 122 Å². The molecule has 37 heavy (non-hydrogen) atoms. The maximum atomic E-state index is 13.0. The lowest BCUT2D eigenvalue weighted by Gasteiger charge is -2.17. The van der Waals surface area contributed by atoms with Crippen LogP contribution in [0.4, 0.5) is 30.4 Å². The Balaban J connectivity index is 1.27. The number of nitrogens with zero attached hydrogens (tertiary/aromatic N) is 1. The number of carbonyl (C=O) groups excluding carboxylic acids is 2. The minimum absolute atomic E-state index is 0.183. The normalized spacial score (nSPS) is 14.3. The second-order valence-electron chi connectivity index (χ2n) is 8.59. The average molecular weight is 574 g/mol. The van der Waals surface area contributed by atoms with Gasteiger partial charge in [0.2, 0.25) is 11.8 Å². The molecule has 1 saturated carbocycles. The summed E-state index contributed by atoms with van der Waals surface area (Å²) in [4.78, 5) is 25.9. The summed E-state index contributed by atoms with van der Waals surface area (Å²) in [5, 5.41) is 13.1. The van der Waals surface area contributed by atoms with E-state index < -0.39 is 29.3 Å². The van der Waals surface area contributed by atoms with Crippen LogP contribution in [0.5, 0.6) is 5.75 Å². The largest absolute Gasteiger partial charge is 0.573 e. The van der Waals surface area contributed by atoms with E-state index in [2.05, 4.69) is 41.5 Å². The van der Waals surface area contributed by atoms with Crippen molar-refractivity contribution in [1.29, 1.82) is 0 Å². The number of nitrogen functional groups attached to an aromatic ring is 1. The highest BCUT2D eigenvalue weighted by molar-refractivity contribution is 9.10. The molecule has 1 heterocycles. The molecule has 0 spiro atoms. The van der Waals surface area contributed by atoms with E-state index in [1.54, 1.807) is 12.1 Å². The Morgan fingerprint density at radius 1 is 1.03 bits per heavy atom. The molecule has 1 aliphatic rings. The minimum Gasteiger partial charge on any atom is -0.406 e. The van der Waals surface area contributed by atoms with Gasteiger partial charge in [-0.1, -0.05) is 24.3 Å². The zero-order valence-corrected chi connectivity index (χ0v) is 20.5. The van der Waals surface area contributed by atoms with E-state index in [-0.39, 0.29) is 10.2 Å². The van der Waals surface area contributed by atoms with Gasteiger partial charge < -0.3 is 21.1 Å². The first-order valence-electron chi connectivity index (χ1n) is 11.1. The summed E-state index contributed by atoms with van der Waals surface area (Å²) in [5.41, 5.74) is 8.03. The van der Waals surface area contributed by atoms with Gasteiger partial charge in [0.15, 0.2) is 5.82 Å². The maximum Gasteiger partial charge on any atom is 0.573 e. The zero-order valence-electron chi connectivity index (χ0n) is 18.9. The van der Waals surface area contributed by atoms with E-state index in [0.717, 1.165) is 34.2 Å². The second kappa shape index (κ2) is 9.11. The van der Waals surface area contributed by atoms with Gasteiger partial charge in [0.05, 0.1) is 16.6 Å². The molecule has 8 nitrogen and oxygen atoms in total. The molecule has 2 amide bonds. The van der Waals surface area contributed by atoms with Crippen molar-refractivity contribution in [3.8, 4) is 16.9 Å². The van der Waals surface area contributed by atoms with Crippen LogP contribution in [-0.2, 0) is 9.59 Å². The number of fused-ring (bicyclic) bond motifs is 1. The van der Waals surface area contributed by atoms with Crippen LogP contribution in [0.15, 0.2) is 65.1 Å². The number of alkyl halides is 3. The van der Waals surface area contributed by atoms with Gasteiger partial charge in [-0.2, -0.15) is 5.10 Å². The van der Waals surface area contributed by atoms with Crippen molar-refractivity contribution in [2.24, 2.45) is 5.41 Å². The lowest BCUT2D eigenvalue weighted by atomic mass is 10.0. The summed E-state index contributed by atoms with van der Waals surface area (Å²) < 4.78 is 41.3. The molecule has 1 aromatic heterocycles. The Kier molecular flexibility index (Phi) is 6.06. The van der Waals surface area contributed by atoms with Crippen LogP contribution in [0.3, 0.4) is 0 Å². The van der Waals surface area contributed by atoms with E-state index in [9.17, 15) is 22.8 Å². The van der Waals surface area contributed by atoms with Gasteiger partial charge in [-0.3, -0.25) is 14.7 Å². The molecule has 0 radical (unpaired) electrons. The number of nitrogens with one attached hydrogen (secondary N) is 3. The van der Waals surface area contributed by atoms with Gasteiger partial charge >= 0.3 is 6.36 Å². The molecule has 1 aliphatic carbocycles. The standard InChI is InChI=1S/C25H19BrF3N5O3/c26-17-12-15(37-25(27,28)29)8-9-18(17)32-23(36)24(10-11-24)22(35)31-14-6-4-13(5-7-14)16-2-1-3-19-20(16)21(30)34-33-19/h1-9,12H,10-11H2,(H,31,35)(H,32,36)(H3,30,33,34). The summed E-state index contributed by atoms with van der Waals surface area (Å²) >= 11 is 3.13. The summed E-state index contributed by atoms with van der Waals surface area (Å²) in [7, 11) is 0. The third-order valence-corrected chi connectivity index (χ3v) is 6.77. The number of nitrogens with two attached hydrogens (primary N) is 1. The predicted molar refractivity (Wildman–Crippen MR) is 136 cm³/mol. The number of carbonyl (C=O) groups is 2. The van der Waals surface area contributed by atoms with Crippen LogP contribution in [-0.4, -0.2) is 28.4 Å². The lowest BCUT2D eigenvalue weighted by molar-refractivity contribution is -0.274. The van der Waals surface area contributed by atoms with E-state index in [4.69, 9.17) is 5.73 Å². The third kappa shape index (κ3) is 4.96. The highest BCUT2D eigenvalue weighted by Gasteiger charge is 2.56. The highest BCUT2D eigenvalue weighted by Crippen LogP contribution is 2.48. The Bertz CT molecular complexity index is 1510. The van der Waals surface area contributed by atoms with Crippen LogP contribution < -0.4 is 21.1 Å². The van der Waals surface area contributed by atoms with Crippen molar-refractivity contribution in [2.45, 2.75) is 19.2 Å². The molecule has 190 valence electrons. The number of anilines is 3. The SMILES string of the molecule is Nc1n[nH]c2cccc(-c3ccc(NC(=O)C4(C(=O)Nc5ccc(OC(F)(F)F)cc5Br)CC4)cc3)c12. The van der Waals surface area contributed by atoms with Crippen molar-refractivity contribution in [2.75, 3.05) is 16.4 Å². The number of aromatic amines is 1. The first-order valence-corrected chi connectivity index (χ1v) is 11.9. The Labute approximate surface area is 216 Å². The molecule has 0 saturated heterocycles. The Morgan fingerprint density at radius 2 is 1.73 bits per heavy atom. The fraction of sp³-hybridized carbons (Fsp3) is 0.160. The van der Waals surface area contributed by atoms with Crippen LogP contribution in [0, 0.1) is 5.41 Å². The number of ether oxygens (including phenoxy) is 1. The molecule has 3 aromatic carbocycles. The summed E-state index contributed by atoms with van der Waals surface area (Å²) in [6.07, 6.45) is -4.15. The second-order valence-corrected chi connectivity index (χ2v) is 9.45. The van der Waals surface area contributed by atoms with Gasteiger partial charge in [-0.15, -0.1) is 13.2 Å². The van der Waals surface area contributed by atoms with Crippen molar-refractivity contribution in [3.63, 3.8) is 0 Å². The number of amides is 2. The number of hydrogen-bond donors (Lipinski definition) is 4. The van der Waals surface area contributed by atoms with Crippen LogP contribution >= 0.6 is 15.9 Å². The van der Waals surface area contributed by atoms with Gasteiger partial charge in [-0.05, 0) is 76.3 Å². The van der Waals surface area contributed by atoms with E-state index in [1.165, 1.54) is 6.07 Å². The third-order valence-electron chi connectivity index (χ3n) is 6.11. The molecule has 1 fully saturated rings. The van der Waals surface area contributed by atoms with Crippen LogP contribution in [0.2, 0.25) is 0 Å². The molecule has 0 unspecified atom stereocenters. The molecule has 4 aromatic rings. The molecule has 0 aliphatic heterocycles. The summed E-state index contributed by atoms with van der Waals surface area (Å²) in [6, 6.07) is 16.2.